The van der Waals surface area contributed by atoms with Crippen LogP contribution in [-0.2, 0) is 5.54 Å². The number of hydrogen-bond acceptors (Lipinski definition) is 6. The van der Waals surface area contributed by atoms with Gasteiger partial charge in [0.05, 0.1) is 10.9 Å². The van der Waals surface area contributed by atoms with Gasteiger partial charge < -0.3 is 5.73 Å². The average Bonchev–Trinajstić information content (AvgIpc) is 3.21. The minimum absolute atomic E-state index is 0.0464. The summed E-state index contributed by atoms with van der Waals surface area (Å²) >= 11 is 5.56. The summed E-state index contributed by atoms with van der Waals surface area (Å²) in [6.45, 7) is 6.24. The van der Waals surface area contributed by atoms with Gasteiger partial charge in [-0.15, -0.1) is 0 Å². The van der Waals surface area contributed by atoms with Gasteiger partial charge in [-0.2, -0.15) is 5.10 Å². The summed E-state index contributed by atoms with van der Waals surface area (Å²) in [5, 5.41) is 5.68. The van der Waals surface area contributed by atoms with Crippen molar-refractivity contribution in [2.75, 3.05) is 5.73 Å². The van der Waals surface area contributed by atoms with E-state index in [1.165, 1.54) is 11.9 Å². The van der Waals surface area contributed by atoms with Gasteiger partial charge in [0.25, 0.3) is 0 Å². The molecule has 0 bridgehead atoms. The average molecular weight is 458 g/mol. The normalized spacial score (nSPS) is 11.6. The largest absolute Gasteiger partial charge is 0.383 e. The summed E-state index contributed by atoms with van der Waals surface area (Å²) in [7, 11) is 0. The van der Waals surface area contributed by atoms with Crippen LogP contribution >= 0.6 is 12.2 Å². The number of nitrogens with zero attached hydrogens (tertiary/aromatic N) is 4. The highest BCUT2D eigenvalue weighted by atomic mass is 32.1. The number of fused-ring (bicyclic) bond motifs is 1. The summed E-state index contributed by atoms with van der Waals surface area (Å²) in [5.41, 5.74) is 10.1. The van der Waals surface area contributed by atoms with Crippen LogP contribution in [-0.4, -0.2) is 30.4 Å². The second-order valence-electron chi connectivity index (χ2n) is 8.90. The van der Waals surface area contributed by atoms with Gasteiger partial charge in [-0.1, -0.05) is 72.4 Å². The number of anilines is 1. The molecule has 2 aromatic carbocycles. The van der Waals surface area contributed by atoms with Gasteiger partial charge in [0.1, 0.15) is 17.8 Å². The molecule has 0 saturated carbocycles. The van der Waals surface area contributed by atoms with Crippen LogP contribution in [0.25, 0.3) is 22.3 Å². The molecule has 168 valence electrons. The molecule has 0 unspecified atom stereocenters. The molecule has 4 aromatic rings. The van der Waals surface area contributed by atoms with Crippen LogP contribution in [0, 0.1) is 6.92 Å². The molecule has 0 aliphatic rings. The molecule has 0 spiro atoms. The van der Waals surface area contributed by atoms with Crippen molar-refractivity contribution >= 4 is 39.7 Å². The van der Waals surface area contributed by atoms with E-state index in [2.05, 4.69) is 23.8 Å². The van der Waals surface area contributed by atoms with Crippen molar-refractivity contribution in [2.45, 2.75) is 45.6 Å². The van der Waals surface area contributed by atoms with E-state index in [-0.39, 0.29) is 12.2 Å². The van der Waals surface area contributed by atoms with Crippen molar-refractivity contribution in [1.29, 1.82) is 0 Å². The smallest absolute Gasteiger partial charge is 0.167 e. The van der Waals surface area contributed by atoms with Gasteiger partial charge in [0.15, 0.2) is 11.4 Å². The minimum Gasteiger partial charge on any atom is -0.383 e. The van der Waals surface area contributed by atoms with Crippen molar-refractivity contribution in [3.8, 4) is 11.3 Å². The number of nitrogen functional groups attached to an aromatic ring is 1. The second kappa shape index (κ2) is 9.19. The van der Waals surface area contributed by atoms with Gasteiger partial charge in [-0.25, -0.2) is 14.6 Å². The van der Waals surface area contributed by atoms with Crippen LogP contribution in [0.1, 0.15) is 49.0 Å². The van der Waals surface area contributed by atoms with Crippen LogP contribution < -0.4 is 5.73 Å². The molecule has 0 fully saturated rings. The predicted octanol–water partition coefficient (Wildman–Crippen LogP) is 5.54. The fourth-order valence-corrected chi connectivity index (χ4v) is 4.09. The molecular weight excluding hydrogens is 430 g/mol. The maximum absolute atomic E-state index is 12.5. The van der Waals surface area contributed by atoms with Crippen molar-refractivity contribution in [1.82, 2.24) is 19.7 Å². The van der Waals surface area contributed by atoms with Crippen molar-refractivity contribution in [3.05, 3.63) is 72.1 Å². The zero-order valence-electron chi connectivity index (χ0n) is 19.1. The number of thiocarbonyl (C=S) groups is 1. The molecule has 0 radical (unpaired) electrons. The lowest BCUT2D eigenvalue weighted by atomic mass is 9.95. The molecule has 6 nitrogen and oxygen atoms in total. The zero-order chi connectivity index (χ0) is 23.6. The molecular formula is C26H27N5OS. The lowest BCUT2D eigenvalue weighted by Gasteiger charge is -2.26. The van der Waals surface area contributed by atoms with Crippen LogP contribution in [0.4, 0.5) is 5.82 Å². The standard InChI is InChI=1S/C26H27N5OS/c1-17-9-11-19(12-10-17)23-22-24(27)28-16-29-25(22)31(30-23)26(2,3)14-13-20(33)15-21(32)18-7-5-4-6-8-18/h4-12,16H,13-15H2,1-3H3,(H2,27,28,29). The number of aryl methyl sites for hydroxylation is 1. The number of Topliss-reactive ketones (excluding diaryl/α,β-unsaturated/α-hetero) is 1. The maximum Gasteiger partial charge on any atom is 0.167 e. The van der Waals surface area contributed by atoms with Crippen molar-refractivity contribution in [3.63, 3.8) is 0 Å². The van der Waals surface area contributed by atoms with E-state index >= 15 is 0 Å². The third kappa shape index (κ3) is 4.83. The van der Waals surface area contributed by atoms with Crippen LogP contribution in [0.2, 0.25) is 0 Å². The van der Waals surface area contributed by atoms with Gasteiger partial charge >= 0.3 is 0 Å². The number of benzene rings is 2. The SMILES string of the molecule is Cc1ccc(-c2nn(C(C)(C)CCC(=S)CC(=O)c3ccccc3)c3ncnc(N)c23)cc1. The van der Waals surface area contributed by atoms with E-state index in [4.69, 9.17) is 23.1 Å². The highest BCUT2D eigenvalue weighted by molar-refractivity contribution is 7.80. The second-order valence-corrected chi connectivity index (χ2v) is 9.48. The number of carbonyl (C=O) groups is 1. The number of hydrogen-bond donors (Lipinski definition) is 1. The van der Waals surface area contributed by atoms with E-state index in [1.807, 2.05) is 66.2 Å². The summed E-state index contributed by atoms with van der Waals surface area (Å²) in [6, 6.07) is 17.4. The van der Waals surface area contributed by atoms with Crippen molar-refractivity contribution in [2.24, 2.45) is 0 Å². The highest BCUT2D eigenvalue weighted by Crippen LogP contribution is 2.34. The van der Waals surface area contributed by atoms with Crippen molar-refractivity contribution < 1.29 is 4.79 Å². The Morgan fingerprint density at radius 1 is 1.06 bits per heavy atom. The lowest BCUT2D eigenvalue weighted by molar-refractivity contribution is 0.100. The molecule has 0 atom stereocenters. The summed E-state index contributed by atoms with van der Waals surface area (Å²) < 4.78 is 1.91. The first kappa shape index (κ1) is 22.7. The third-order valence-electron chi connectivity index (χ3n) is 5.86. The predicted molar refractivity (Wildman–Crippen MR) is 136 cm³/mol. The number of nitrogens with two attached hydrogens (primary N) is 1. The van der Waals surface area contributed by atoms with E-state index in [0.717, 1.165) is 21.5 Å². The van der Waals surface area contributed by atoms with Crippen LogP contribution in [0.3, 0.4) is 0 Å². The molecule has 4 rings (SSSR count). The fraction of sp³-hybridized carbons (Fsp3) is 0.269. The van der Waals surface area contributed by atoms with Gasteiger partial charge in [0, 0.05) is 22.4 Å². The number of carbonyl (C=O) groups excluding carboxylic acids is 1. The first-order chi connectivity index (χ1) is 15.8. The Labute approximate surface area is 198 Å². The summed E-state index contributed by atoms with van der Waals surface area (Å²) in [4.78, 5) is 22.0. The van der Waals surface area contributed by atoms with Crippen LogP contribution in [0.15, 0.2) is 60.9 Å². The Kier molecular flexibility index (Phi) is 6.33. The Hall–Kier alpha value is -3.45. The molecule has 33 heavy (non-hydrogen) atoms. The van der Waals surface area contributed by atoms with E-state index < -0.39 is 5.54 Å². The molecule has 0 saturated heterocycles. The van der Waals surface area contributed by atoms with E-state index in [0.29, 0.717) is 29.9 Å². The highest BCUT2D eigenvalue weighted by Gasteiger charge is 2.28. The first-order valence-corrected chi connectivity index (χ1v) is 11.3. The summed E-state index contributed by atoms with van der Waals surface area (Å²) in [5.74, 6) is 0.451. The third-order valence-corrected chi connectivity index (χ3v) is 6.21. The topological polar surface area (TPSA) is 86.7 Å². The molecule has 7 heteroatoms. The molecule has 2 heterocycles. The molecule has 2 aromatic heterocycles. The number of ketones is 1. The zero-order valence-corrected chi connectivity index (χ0v) is 19.9. The molecule has 2 N–H and O–H groups in total. The Morgan fingerprint density at radius 2 is 1.76 bits per heavy atom. The molecule has 0 aliphatic carbocycles. The fourth-order valence-electron chi connectivity index (χ4n) is 3.85. The molecule has 0 aliphatic heterocycles. The van der Waals surface area contributed by atoms with Gasteiger partial charge in [-0.3, -0.25) is 4.79 Å². The first-order valence-electron chi connectivity index (χ1n) is 10.9. The van der Waals surface area contributed by atoms with Gasteiger partial charge in [0.2, 0.25) is 0 Å². The van der Waals surface area contributed by atoms with Crippen LogP contribution in [0.5, 0.6) is 0 Å². The Morgan fingerprint density at radius 3 is 2.45 bits per heavy atom. The van der Waals surface area contributed by atoms with E-state index in [1.54, 1.807) is 0 Å². The Bertz CT molecular complexity index is 1310. The molecule has 0 amide bonds. The van der Waals surface area contributed by atoms with E-state index in [9.17, 15) is 4.79 Å². The summed E-state index contributed by atoms with van der Waals surface area (Å²) in [6.07, 6.45) is 3.07. The maximum atomic E-state index is 12.5. The Balaban J connectivity index is 1.58. The lowest BCUT2D eigenvalue weighted by Crippen LogP contribution is -2.28. The minimum atomic E-state index is -0.401. The van der Waals surface area contributed by atoms with Gasteiger partial charge in [-0.05, 0) is 33.6 Å². The number of rotatable bonds is 8. The monoisotopic (exact) mass is 457 g/mol. The quantitative estimate of drug-likeness (QED) is 0.276. The number of aromatic nitrogens is 4.